The van der Waals surface area contributed by atoms with Gasteiger partial charge in [0.1, 0.15) is 0 Å². The first-order chi connectivity index (χ1) is 9.50. The summed E-state index contributed by atoms with van der Waals surface area (Å²) in [5.41, 5.74) is 0.124. The van der Waals surface area contributed by atoms with Gasteiger partial charge in [0.15, 0.2) is 0 Å². The first-order valence-corrected chi connectivity index (χ1v) is 7.92. The van der Waals surface area contributed by atoms with Crippen molar-refractivity contribution in [3.05, 3.63) is 34.7 Å². The van der Waals surface area contributed by atoms with Gasteiger partial charge in [-0.1, -0.05) is 33.8 Å². The Bertz CT molecular complexity index is 450. The zero-order valence-corrected chi connectivity index (χ0v) is 13.8. The summed E-state index contributed by atoms with van der Waals surface area (Å²) in [6.07, 6.45) is 1.94. The molecule has 2 heterocycles. The maximum atomic E-state index is 12.0. The minimum absolute atomic E-state index is 0.124. The SMILES string of the molecule is CC.CC(C)C1CN(C(C)C)CC1n1ccccc1=O. The van der Waals surface area contributed by atoms with E-state index in [1.807, 2.05) is 36.7 Å². The highest BCUT2D eigenvalue weighted by Gasteiger charge is 2.36. The van der Waals surface area contributed by atoms with Gasteiger partial charge in [0.25, 0.3) is 5.56 Å². The minimum atomic E-state index is 0.124. The lowest BCUT2D eigenvalue weighted by atomic mass is 9.91. The molecule has 114 valence electrons. The molecule has 0 saturated carbocycles. The Kier molecular flexibility index (Phi) is 6.47. The monoisotopic (exact) mass is 278 g/mol. The van der Waals surface area contributed by atoms with E-state index in [1.54, 1.807) is 6.07 Å². The highest BCUT2D eigenvalue weighted by atomic mass is 16.1. The summed E-state index contributed by atoms with van der Waals surface area (Å²) in [6, 6.07) is 6.31. The molecule has 1 aromatic heterocycles. The number of likely N-dealkylation sites (tertiary alicyclic amines) is 1. The highest BCUT2D eigenvalue weighted by Crippen LogP contribution is 2.33. The van der Waals surface area contributed by atoms with E-state index in [-0.39, 0.29) is 5.56 Å². The van der Waals surface area contributed by atoms with Crippen LogP contribution in [0.5, 0.6) is 0 Å². The van der Waals surface area contributed by atoms with E-state index in [9.17, 15) is 4.79 Å². The van der Waals surface area contributed by atoms with Crippen LogP contribution in [0.15, 0.2) is 29.2 Å². The summed E-state index contributed by atoms with van der Waals surface area (Å²) in [4.78, 5) is 14.5. The molecule has 0 bridgehead atoms. The second-order valence-electron chi connectivity index (χ2n) is 5.97. The molecule has 0 amide bonds. The van der Waals surface area contributed by atoms with Crippen LogP contribution in [0.3, 0.4) is 0 Å². The second kappa shape index (κ2) is 7.63. The number of hydrogen-bond acceptors (Lipinski definition) is 2. The molecule has 0 N–H and O–H groups in total. The van der Waals surface area contributed by atoms with Crippen LogP contribution in [-0.4, -0.2) is 28.6 Å². The summed E-state index contributed by atoms with van der Waals surface area (Å²) in [7, 11) is 0. The van der Waals surface area contributed by atoms with Crippen LogP contribution in [0.2, 0.25) is 0 Å². The van der Waals surface area contributed by atoms with E-state index in [1.165, 1.54) is 0 Å². The number of nitrogens with zero attached hydrogens (tertiary/aromatic N) is 2. The Morgan fingerprint density at radius 2 is 1.75 bits per heavy atom. The second-order valence-corrected chi connectivity index (χ2v) is 5.97. The number of rotatable bonds is 3. The van der Waals surface area contributed by atoms with Gasteiger partial charge < -0.3 is 4.57 Å². The summed E-state index contributed by atoms with van der Waals surface area (Å²) >= 11 is 0. The molecular formula is C17H30N2O. The van der Waals surface area contributed by atoms with E-state index >= 15 is 0 Å². The van der Waals surface area contributed by atoms with Crippen molar-refractivity contribution in [1.82, 2.24) is 9.47 Å². The fourth-order valence-corrected chi connectivity index (χ4v) is 2.93. The van der Waals surface area contributed by atoms with E-state index in [0.717, 1.165) is 13.1 Å². The lowest BCUT2D eigenvalue weighted by Crippen LogP contribution is -2.31. The lowest BCUT2D eigenvalue weighted by molar-refractivity contribution is 0.253. The number of aromatic nitrogens is 1. The van der Waals surface area contributed by atoms with Gasteiger partial charge in [-0.2, -0.15) is 0 Å². The maximum absolute atomic E-state index is 12.0. The molecule has 2 unspecified atom stereocenters. The Balaban J connectivity index is 0.000000956. The van der Waals surface area contributed by atoms with Crippen molar-refractivity contribution in [3.63, 3.8) is 0 Å². The van der Waals surface area contributed by atoms with Crippen LogP contribution < -0.4 is 5.56 Å². The fraction of sp³-hybridized carbons (Fsp3) is 0.706. The van der Waals surface area contributed by atoms with E-state index in [4.69, 9.17) is 0 Å². The molecule has 2 atom stereocenters. The van der Waals surface area contributed by atoms with Crippen LogP contribution in [-0.2, 0) is 0 Å². The van der Waals surface area contributed by atoms with Crippen molar-refractivity contribution >= 4 is 0 Å². The molecule has 1 aliphatic rings. The third kappa shape index (κ3) is 3.72. The third-order valence-electron chi connectivity index (χ3n) is 4.16. The van der Waals surface area contributed by atoms with Crippen LogP contribution >= 0.6 is 0 Å². The van der Waals surface area contributed by atoms with E-state index in [0.29, 0.717) is 23.9 Å². The van der Waals surface area contributed by atoms with Gasteiger partial charge in [-0.05, 0) is 31.7 Å². The van der Waals surface area contributed by atoms with Crippen molar-refractivity contribution in [3.8, 4) is 0 Å². The zero-order valence-electron chi connectivity index (χ0n) is 13.8. The smallest absolute Gasteiger partial charge is 0.250 e. The van der Waals surface area contributed by atoms with Gasteiger partial charge in [-0.3, -0.25) is 9.69 Å². The lowest BCUT2D eigenvalue weighted by Gasteiger charge is -2.23. The minimum Gasteiger partial charge on any atom is -0.311 e. The first kappa shape index (κ1) is 17.0. The molecule has 1 saturated heterocycles. The van der Waals surface area contributed by atoms with Crippen LogP contribution in [0.1, 0.15) is 47.6 Å². The van der Waals surface area contributed by atoms with Crippen molar-refractivity contribution < 1.29 is 0 Å². The molecule has 0 radical (unpaired) electrons. The molecule has 3 nitrogen and oxygen atoms in total. The molecular weight excluding hydrogens is 248 g/mol. The van der Waals surface area contributed by atoms with Gasteiger partial charge in [-0.15, -0.1) is 0 Å². The van der Waals surface area contributed by atoms with E-state index in [2.05, 4.69) is 32.6 Å². The Hall–Kier alpha value is -1.09. The molecule has 0 aromatic carbocycles. The third-order valence-corrected chi connectivity index (χ3v) is 4.16. The van der Waals surface area contributed by atoms with Crippen molar-refractivity contribution in [2.24, 2.45) is 11.8 Å². The molecule has 0 aliphatic carbocycles. The zero-order chi connectivity index (χ0) is 15.3. The van der Waals surface area contributed by atoms with Crippen LogP contribution in [0, 0.1) is 11.8 Å². The first-order valence-electron chi connectivity index (χ1n) is 7.92. The normalized spacial score (nSPS) is 23.0. The number of hydrogen-bond donors (Lipinski definition) is 0. The van der Waals surface area contributed by atoms with Gasteiger partial charge in [0.2, 0.25) is 0 Å². The molecule has 1 aliphatic heterocycles. The van der Waals surface area contributed by atoms with Gasteiger partial charge in [0, 0.05) is 31.4 Å². The fourth-order valence-electron chi connectivity index (χ4n) is 2.93. The quantitative estimate of drug-likeness (QED) is 0.846. The molecule has 3 heteroatoms. The average molecular weight is 278 g/mol. The average Bonchev–Trinajstić information content (AvgIpc) is 2.87. The summed E-state index contributed by atoms with van der Waals surface area (Å²) in [5, 5.41) is 0. The van der Waals surface area contributed by atoms with Crippen molar-refractivity contribution in [2.45, 2.75) is 53.6 Å². The molecule has 1 aromatic rings. The van der Waals surface area contributed by atoms with Crippen LogP contribution in [0.4, 0.5) is 0 Å². The number of pyridine rings is 1. The summed E-state index contributed by atoms with van der Waals surface area (Å²) in [6.45, 7) is 15.1. The topological polar surface area (TPSA) is 25.2 Å². The maximum Gasteiger partial charge on any atom is 0.250 e. The van der Waals surface area contributed by atoms with Crippen molar-refractivity contribution in [2.75, 3.05) is 13.1 Å². The van der Waals surface area contributed by atoms with Gasteiger partial charge in [0.05, 0.1) is 6.04 Å². The van der Waals surface area contributed by atoms with Gasteiger partial charge in [-0.25, -0.2) is 0 Å². The molecule has 2 rings (SSSR count). The Morgan fingerprint density at radius 3 is 2.25 bits per heavy atom. The molecule has 1 fully saturated rings. The Morgan fingerprint density at radius 1 is 1.10 bits per heavy atom. The predicted molar refractivity (Wildman–Crippen MR) is 86.1 cm³/mol. The standard InChI is InChI=1S/C15H24N2O.C2H6/c1-11(2)13-9-16(12(3)4)10-14(13)17-8-6-5-7-15(17)18;1-2/h5-8,11-14H,9-10H2,1-4H3;1-2H3. The van der Waals surface area contributed by atoms with Gasteiger partial charge >= 0.3 is 0 Å². The summed E-state index contributed by atoms with van der Waals surface area (Å²) < 4.78 is 1.92. The van der Waals surface area contributed by atoms with E-state index < -0.39 is 0 Å². The predicted octanol–water partition coefficient (Wildman–Crippen LogP) is 3.41. The molecule has 0 spiro atoms. The Labute approximate surface area is 123 Å². The summed E-state index contributed by atoms with van der Waals surface area (Å²) in [5.74, 6) is 1.17. The molecule has 20 heavy (non-hydrogen) atoms. The largest absolute Gasteiger partial charge is 0.311 e. The van der Waals surface area contributed by atoms with Crippen LogP contribution in [0.25, 0.3) is 0 Å². The van der Waals surface area contributed by atoms with Crippen molar-refractivity contribution in [1.29, 1.82) is 0 Å². The highest BCUT2D eigenvalue weighted by molar-refractivity contribution is 4.99.